The van der Waals surface area contributed by atoms with E-state index in [9.17, 15) is 4.79 Å². The number of hydrogen-bond acceptors (Lipinski definition) is 4. The first-order chi connectivity index (χ1) is 8.02. The Morgan fingerprint density at radius 1 is 1.47 bits per heavy atom. The quantitative estimate of drug-likeness (QED) is 0.709. The summed E-state index contributed by atoms with van der Waals surface area (Å²) in [4.78, 5) is 12.6. The number of nitrogens with two attached hydrogens (primary N) is 2. The molecule has 1 amide bonds. The summed E-state index contributed by atoms with van der Waals surface area (Å²) in [6.07, 6.45) is 0. The van der Waals surface area contributed by atoms with Crippen LogP contribution in [0.3, 0.4) is 0 Å². The highest BCUT2D eigenvalue weighted by Gasteiger charge is 2.09. The zero-order valence-electron chi connectivity index (χ0n) is 10.3. The van der Waals surface area contributed by atoms with E-state index in [1.165, 1.54) is 0 Å². The number of amides is 1. The number of ether oxygens (including phenoxy) is 1. The number of likely N-dealkylation sites (N-methyl/N-ethyl adjacent to an activating group) is 1. The Labute approximate surface area is 101 Å². The van der Waals surface area contributed by atoms with E-state index >= 15 is 0 Å². The average molecular weight is 237 g/mol. The van der Waals surface area contributed by atoms with Crippen LogP contribution >= 0.6 is 0 Å². The molecule has 1 aromatic carbocycles. The van der Waals surface area contributed by atoms with Crippen LogP contribution in [-0.2, 0) is 11.3 Å². The third-order valence-corrected chi connectivity index (χ3v) is 2.25. The molecule has 0 unspecified atom stereocenters. The molecule has 1 rings (SSSR count). The molecule has 0 aliphatic heterocycles. The summed E-state index contributed by atoms with van der Waals surface area (Å²) < 4.78 is 5.50. The standard InChI is InChI=1S/C12H19N3O2/c1-3-17-11-5-4-10(13)6-9(11)7-15(2)8-12(14)16/h4-6H,3,7-8,13H2,1-2H3,(H2,14,16). The second-order valence-corrected chi connectivity index (χ2v) is 3.94. The van der Waals surface area contributed by atoms with E-state index in [2.05, 4.69) is 0 Å². The van der Waals surface area contributed by atoms with Gasteiger partial charge < -0.3 is 16.2 Å². The lowest BCUT2D eigenvalue weighted by Gasteiger charge is -2.17. The van der Waals surface area contributed by atoms with Crippen LogP contribution in [0.2, 0.25) is 0 Å². The maximum atomic E-state index is 10.8. The molecule has 0 aromatic heterocycles. The number of nitrogens with zero attached hydrogens (tertiary/aromatic N) is 1. The molecule has 1 aromatic rings. The summed E-state index contributed by atoms with van der Waals surface area (Å²) in [5.41, 5.74) is 12.5. The molecule has 0 heterocycles. The molecule has 0 saturated heterocycles. The van der Waals surface area contributed by atoms with Crippen LogP contribution in [0.4, 0.5) is 5.69 Å². The molecule has 0 aliphatic carbocycles. The van der Waals surface area contributed by atoms with Gasteiger partial charge in [-0.15, -0.1) is 0 Å². The Hall–Kier alpha value is -1.75. The number of carbonyl (C=O) groups excluding carboxylic acids is 1. The zero-order valence-corrected chi connectivity index (χ0v) is 10.3. The number of primary amides is 1. The van der Waals surface area contributed by atoms with Crippen molar-refractivity contribution >= 4 is 11.6 Å². The molecule has 5 nitrogen and oxygen atoms in total. The van der Waals surface area contributed by atoms with E-state index in [4.69, 9.17) is 16.2 Å². The normalized spacial score (nSPS) is 10.5. The minimum atomic E-state index is -0.352. The smallest absolute Gasteiger partial charge is 0.231 e. The van der Waals surface area contributed by atoms with Gasteiger partial charge in [-0.1, -0.05) is 0 Å². The summed E-state index contributed by atoms with van der Waals surface area (Å²) in [5, 5.41) is 0. The highest BCUT2D eigenvalue weighted by atomic mass is 16.5. The Balaban J connectivity index is 2.80. The average Bonchev–Trinajstić information content (AvgIpc) is 2.21. The predicted molar refractivity (Wildman–Crippen MR) is 67.6 cm³/mol. The zero-order chi connectivity index (χ0) is 12.8. The molecule has 0 aliphatic rings. The van der Waals surface area contributed by atoms with Gasteiger partial charge in [0.2, 0.25) is 5.91 Å². The van der Waals surface area contributed by atoms with E-state index in [0.29, 0.717) is 18.8 Å². The number of carbonyl (C=O) groups is 1. The first kappa shape index (κ1) is 13.3. The summed E-state index contributed by atoms with van der Waals surface area (Å²) in [6, 6.07) is 5.48. The maximum absolute atomic E-state index is 10.8. The van der Waals surface area contributed by atoms with Crippen LogP contribution < -0.4 is 16.2 Å². The van der Waals surface area contributed by atoms with Gasteiger partial charge in [0.25, 0.3) is 0 Å². The summed E-state index contributed by atoms with van der Waals surface area (Å²) in [7, 11) is 1.82. The fourth-order valence-electron chi connectivity index (χ4n) is 1.63. The van der Waals surface area contributed by atoms with Crippen molar-refractivity contribution in [3.8, 4) is 5.75 Å². The molecule has 0 radical (unpaired) electrons. The van der Waals surface area contributed by atoms with Crippen LogP contribution in [0.5, 0.6) is 5.75 Å². The molecule has 17 heavy (non-hydrogen) atoms. The fraction of sp³-hybridized carbons (Fsp3) is 0.417. The first-order valence-electron chi connectivity index (χ1n) is 5.51. The second kappa shape index (κ2) is 6.10. The van der Waals surface area contributed by atoms with E-state index < -0.39 is 0 Å². The number of benzene rings is 1. The van der Waals surface area contributed by atoms with Gasteiger partial charge in [0, 0.05) is 17.8 Å². The van der Waals surface area contributed by atoms with Gasteiger partial charge >= 0.3 is 0 Å². The summed E-state index contributed by atoms with van der Waals surface area (Å²) >= 11 is 0. The number of rotatable bonds is 6. The number of hydrogen-bond donors (Lipinski definition) is 2. The van der Waals surface area contributed by atoms with Crippen molar-refractivity contribution < 1.29 is 9.53 Å². The summed E-state index contributed by atoms with van der Waals surface area (Å²) in [6.45, 7) is 3.30. The molecule has 4 N–H and O–H groups in total. The van der Waals surface area contributed by atoms with Crippen molar-refractivity contribution in [2.75, 3.05) is 25.9 Å². The van der Waals surface area contributed by atoms with Crippen molar-refractivity contribution in [2.45, 2.75) is 13.5 Å². The molecule has 94 valence electrons. The largest absolute Gasteiger partial charge is 0.494 e. The highest BCUT2D eigenvalue weighted by molar-refractivity contribution is 5.75. The van der Waals surface area contributed by atoms with E-state index in [1.54, 1.807) is 6.07 Å². The molecule has 0 spiro atoms. The van der Waals surface area contributed by atoms with E-state index in [-0.39, 0.29) is 12.5 Å². The van der Waals surface area contributed by atoms with Crippen LogP contribution in [-0.4, -0.2) is 31.0 Å². The van der Waals surface area contributed by atoms with Crippen molar-refractivity contribution in [2.24, 2.45) is 5.73 Å². The minimum Gasteiger partial charge on any atom is -0.494 e. The molecule has 5 heteroatoms. The van der Waals surface area contributed by atoms with Gasteiger partial charge in [-0.05, 0) is 32.2 Å². The van der Waals surface area contributed by atoms with Gasteiger partial charge in [-0.25, -0.2) is 0 Å². The van der Waals surface area contributed by atoms with Gasteiger partial charge in [-0.3, -0.25) is 9.69 Å². The van der Waals surface area contributed by atoms with Gasteiger partial charge in [0.1, 0.15) is 5.75 Å². The second-order valence-electron chi connectivity index (χ2n) is 3.94. The maximum Gasteiger partial charge on any atom is 0.231 e. The molecule has 0 fully saturated rings. The van der Waals surface area contributed by atoms with Crippen molar-refractivity contribution in [3.05, 3.63) is 23.8 Å². The highest BCUT2D eigenvalue weighted by Crippen LogP contribution is 2.22. The molecule has 0 atom stereocenters. The van der Waals surface area contributed by atoms with Gasteiger partial charge in [0.15, 0.2) is 0 Å². The third kappa shape index (κ3) is 4.32. The Bertz CT molecular complexity index is 393. The first-order valence-corrected chi connectivity index (χ1v) is 5.51. The lowest BCUT2D eigenvalue weighted by molar-refractivity contribution is -0.118. The Kier molecular flexibility index (Phi) is 4.78. The van der Waals surface area contributed by atoms with E-state index in [0.717, 1.165) is 11.3 Å². The van der Waals surface area contributed by atoms with Crippen LogP contribution in [0, 0.1) is 0 Å². The molecular formula is C12H19N3O2. The van der Waals surface area contributed by atoms with E-state index in [1.807, 2.05) is 31.0 Å². The predicted octanol–water partition coefficient (Wildman–Crippen LogP) is 0.585. The lowest BCUT2D eigenvalue weighted by atomic mass is 10.1. The van der Waals surface area contributed by atoms with Crippen molar-refractivity contribution in [3.63, 3.8) is 0 Å². The number of nitrogen functional groups attached to an aromatic ring is 1. The fourth-order valence-corrected chi connectivity index (χ4v) is 1.63. The van der Waals surface area contributed by atoms with Crippen LogP contribution in [0.15, 0.2) is 18.2 Å². The SMILES string of the molecule is CCOc1ccc(N)cc1CN(C)CC(N)=O. The third-order valence-electron chi connectivity index (χ3n) is 2.25. The summed E-state index contributed by atoms with van der Waals surface area (Å²) in [5.74, 6) is 0.437. The van der Waals surface area contributed by atoms with Crippen molar-refractivity contribution in [1.29, 1.82) is 0 Å². The van der Waals surface area contributed by atoms with Gasteiger partial charge in [-0.2, -0.15) is 0 Å². The van der Waals surface area contributed by atoms with Crippen molar-refractivity contribution in [1.82, 2.24) is 4.90 Å². The lowest BCUT2D eigenvalue weighted by Crippen LogP contribution is -2.30. The number of anilines is 1. The van der Waals surface area contributed by atoms with Gasteiger partial charge in [0.05, 0.1) is 13.2 Å². The molecule has 0 saturated carbocycles. The molecule has 0 bridgehead atoms. The monoisotopic (exact) mass is 237 g/mol. The Morgan fingerprint density at radius 2 is 2.18 bits per heavy atom. The van der Waals surface area contributed by atoms with Crippen LogP contribution in [0.25, 0.3) is 0 Å². The topological polar surface area (TPSA) is 81.6 Å². The minimum absolute atomic E-state index is 0.209. The molecular weight excluding hydrogens is 218 g/mol. The Morgan fingerprint density at radius 3 is 2.76 bits per heavy atom. The van der Waals surface area contributed by atoms with Crippen LogP contribution in [0.1, 0.15) is 12.5 Å².